The molecule has 2 unspecified atom stereocenters. The molecule has 3 aromatic rings. The number of hydrogen-bond donors (Lipinski definition) is 2. The van der Waals surface area contributed by atoms with E-state index in [4.69, 9.17) is 4.74 Å². The quantitative estimate of drug-likeness (QED) is 0.674. The second-order valence-electron chi connectivity index (χ2n) is 7.53. The molecule has 1 aromatic heterocycles. The second kappa shape index (κ2) is 8.48. The van der Waals surface area contributed by atoms with E-state index in [2.05, 4.69) is 46.6 Å². The summed E-state index contributed by atoms with van der Waals surface area (Å²) in [6.45, 7) is 1.94. The highest BCUT2D eigenvalue weighted by Crippen LogP contribution is 2.34. The van der Waals surface area contributed by atoms with Gasteiger partial charge in [0.05, 0.1) is 0 Å². The van der Waals surface area contributed by atoms with E-state index in [-0.39, 0.29) is 18.6 Å². The SMILES string of the molecule is CN1CCCC1C(CNC(=O)OCc1ccccc1)c1c[nH]c2ccccc12. The van der Waals surface area contributed by atoms with E-state index >= 15 is 0 Å². The van der Waals surface area contributed by atoms with Crippen LogP contribution in [0, 0.1) is 0 Å². The number of carbonyl (C=O) groups is 1. The van der Waals surface area contributed by atoms with Crippen LogP contribution >= 0.6 is 0 Å². The molecule has 2 N–H and O–H groups in total. The summed E-state index contributed by atoms with van der Waals surface area (Å²) in [5, 5.41) is 4.23. The molecule has 0 aliphatic carbocycles. The Balaban J connectivity index is 1.46. The van der Waals surface area contributed by atoms with Gasteiger partial charge in [-0.25, -0.2) is 4.79 Å². The summed E-state index contributed by atoms with van der Waals surface area (Å²) in [7, 11) is 2.17. The Labute approximate surface area is 165 Å². The van der Waals surface area contributed by atoms with Crippen molar-refractivity contribution >= 4 is 17.0 Å². The fraction of sp³-hybridized carbons (Fsp3) is 0.348. The number of ether oxygens (including phenoxy) is 1. The van der Waals surface area contributed by atoms with E-state index in [9.17, 15) is 4.79 Å². The van der Waals surface area contributed by atoms with Crippen LogP contribution in [0.4, 0.5) is 4.79 Å². The molecular weight excluding hydrogens is 350 g/mol. The molecule has 1 fully saturated rings. The van der Waals surface area contributed by atoms with Crippen molar-refractivity contribution in [2.75, 3.05) is 20.1 Å². The number of hydrogen-bond acceptors (Lipinski definition) is 3. The normalized spacial score (nSPS) is 18.2. The van der Waals surface area contributed by atoms with Gasteiger partial charge in [-0.3, -0.25) is 0 Å². The van der Waals surface area contributed by atoms with Gasteiger partial charge in [0.1, 0.15) is 6.61 Å². The third-order valence-electron chi connectivity index (χ3n) is 5.74. The van der Waals surface area contributed by atoms with Gasteiger partial charge in [0, 0.05) is 35.6 Å². The minimum Gasteiger partial charge on any atom is -0.445 e. The zero-order valence-corrected chi connectivity index (χ0v) is 16.2. The number of nitrogens with one attached hydrogen (secondary N) is 2. The zero-order valence-electron chi connectivity index (χ0n) is 16.2. The number of carbonyl (C=O) groups excluding carboxylic acids is 1. The Hall–Kier alpha value is -2.79. The Morgan fingerprint density at radius 2 is 2.00 bits per heavy atom. The summed E-state index contributed by atoms with van der Waals surface area (Å²) in [5.74, 6) is 0.216. The largest absolute Gasteiger partial charge is 0.445 e. The number of nitrogens with zero attached hydrogens (tertiary/aromatic N) is 1. The van der Waals surface area contributed by atoms with Crippen LogP contribution in [-0.4, -0.2) is 42.2 Å². The maximum absolute atomic E-state index is 12.3. The number of fused-ring (bicyclic) bond motifs is 1. The lowest BCUT2D eigenvalue weighted by Crippen LogP contribution is -2.38. The summed E-state index contributed by atoms with van der Waals surface area (Å²) in [6.07, 6.45) is 4.06. The number of aromatic amines is 1. The monoisotopic (exact) mass is 377 g/mol. The Kier molecular flexibility index (Phi) is 5.63. The first kappa shape index (κ1) is 18.6. The van der Waals surface area contributed by atoms with Crippen molar-refractivity contribution in [2.24, 2.45) is 0 Å². The van der Waals surface area contributed by atoms with Gasteiger partial charge in [-0.15, -0.1) is 0 Å². The predicted octanol–water partition coefficient (Wildman–Crippen LogP) is 4.27. The summed E-state index contributed by atoms with van der Waals surface area (Å²) >= 11 is 0. The van der Waals surface area contributed by atoms with Crippen molar-refractivity contribution in [3.8, 4) is 0 Å². The van der Waals surface area contributed by atoms with Gasteiger partial charge >= 0.3 is 6.09 Å². The van der Waals surface area contributed by atoms with Crippen molar-refractivity contribution in [3.63, 3.8) is 0 Å². The first-order valence-corrected chi connectivity index (χ1v) is 9.93. The van der Waals surface area contributed by atoms with Crippen LogP contribution in [-0.2, 0) is 11.3 Å². The van der Waals surface area contributed by atoms with Gasteiger partial charge in [-0.1, -0.05) is 48.5 Å². The Morgan fingerprint density at radius 3 is 2.79 bits per heavy atom. The summed E-state index contributed by atoms with van der Waals surface area (Å²) in [4.78, 5) is 18.1. The fourth-order valence-electron chi connectivity index (χ4n) is 4.27. The number of H-pyrrole nitrogens is 1. The average molecular weight is 377 g/mol. The minimum absolute atomic E-state index is 0.216. The summed E-state index contributed by atoms with van der Waals surface area (Å²) < 4.78 is 5.40. The number of aromatic nitrogens is 1. The van der Waals surface area contributed by atoms with Crippen LogP contribution in [0.2, 0.25) is 0 Å². The summed E-state index contributed by atoms with van der Waals surface area (Å²) in [5.41, 5.74) is 3.38. The lowest BCUT2D eigenvalue weighted by atomic mass is 9.89. The topological polar surface area (TPSA) is 57.4 Å². The lowest BCUT2D eigenvalue weighted by molar-refractivity contribution is 0.137. The van der Waals surface area contributed by atoms with E-state index < -0.39 is 0 Å². The highest BCUT2D eigenvalue weighted by molar-refractivity contribution is 5.83. The Morgan fingerprint density at radius 1 is 1.21 bits per heavy atom. The van der Waals surface area contributed by atoms with Crippen molar-refractivity contribution in [2.45, 2.75) is 31.4 Å². The number of rotatable bonds is 6. The first-order valence-electron chi connectivity index (χ1n) is 9.93. The second-order valence-corrected chi connectivity index (χ2v) is 7.53. The molecule has 5 nitrogen and oxygen atoms in total. The van der Waals surface area contributed by atoms with Crippen LogP contribution < -0.4 is 5.32 Å². The zero-order chi connectivity index (χ0) is 19.3. The molecule has 0 spiro atoms. The van der Waals surface area contributed by atoms with Gasteiger partial charge in [0.2, 0.25) is 0 Å². The number of para-hydroxylation sites is 1. The maximum atomic E-state index is 12.3. The smallest absolute Gasteiger partial charge is 0.407 e. The minimum atomic E-state index is -0.366. The van der Waals surface area contributed by atoms with Crippen molar-refractivity contribution in [1.82, 2.24) is 15.2 Å². The number of likely N-dealkylation sites (N-methyl/N-ethyl adjacent to an activating group) is 1. The first-order chi connectivity index (χ1) is 13.7. The molecule has 0 saturated carbocycles. The Bertz CT molecular complexity index is 922. The number of amides is 1. The molecule has 1 aliphatic rings. The molecule has 1 saturated heterocycles. The molecular formula is C23H27N3O2. The maximum Gasteiger partial charge on any atom is 0.407 e. The average Bonchev–Trinajstić information content (AvgIpc) is 3.34. The molecule has 5 heteroatoms. The fourth-order valence-corrected chi connectivity index (χ4v) is 4.27. The van der Waals surface area contributed by atoms with Gasteiger partial charge in [0.15, 0.2) is 0 Å². The highest BCUT2D eigenvalue weighted by Gasteiger charge is 2.32. The van der Waals surface area contributed by atoms with E-state index in [1.54, 1.807) is 0 Å². The third kappa shape index (κ3) is 4.04. The van der Waals surface area contributed by atoms with E-state index in [1.165, 1.54) is 17.4 Å². The van der Waals surface area contributed by atoms with Gasteiger partial charge in [-0.05, 0) is 43.6 Å². The molecule has 146 valence electrons. The number of benzene rings is 2. The molecule has 1 amide bonds. The summed E-state index contributed by atoms with van der Waals surface area (Å²) in [6, 6.07) is 18.5. The molecule has 28 heavy (non-hydrogen) atoms. The van der Waals surface area contributed by atoms with Crippen LogP contribution in [0.25, 0.3) is 10.9 Å². The predicted molar refractivity (Wildman–Crippen MR) is 111 cm³/mol. The third-order valence-corrected chi connectivity index (χ3v) is 5.74. The molecule has 4 rings (SSSR count). The molecule has 2 atom stereocenters. The van der Waals surface area contributed by atoms with Crippen molar-refractivity contribution in [1.29, 1.82) is 0 Å². The lowest BCUT2D eigenvalue weighted by Gasteiger charge is -2.29. The van der Waals surface area contributed by atoms with E-state index in [0.29, 0.717) is 12.6 Å². The van der Waals surface area contributed by atoms with Crippen molar-refractivity contribution < 1.29 is 9.53 Å². The molecule has 2 aromatic carbocycles. The number of likely N-dealkylation sites (tertiary alicyclic amines) is 1. The van der Waals surface area contributed by atoms with Gasteiger partial charge in [-0.2, -0.15) is 0 Å². The van der Waals surface area contributed by atoms with Crippen LogP contribution in [0.5, 0.6) is 0 Å². The van der Waals surface area contributed by atoms with Crippen LogP contribution in [0.15, 0.2) is 60.8 Å². The van der Waals surface area contributed by atoms with Crippen LogP contribution in [0.3, 0.4) is 0 Å². The standard InChI is InChI=1S/C23H27N3O2/c1-26-13-7-12-22(26)20(19-14-24-21-11-6-5-10-18(19)21)15-25-23(27)28-16-17-8-3-2-4-9-17/h2-6,8-11,14,20,22,24H,7,12-13,15-16H2,1H3,(H,25,27). The highest BCUT2D eigenvalue weighted by atomic mass is 16.5. The van der Waals surface area contributed by atoms with Gasteiger partial charge in [0.25, 0.3) is 0 Å². The molecule has 2 heterocycles. The molecule has 0 radical (unpaired) electrons. The number of alkyl carbamates (subject to hydrolysis) is 1. The molecule has 0 bridgehead atoms. The molecule has 1 aliphatic heterocycles. The van der Waals surface area contributed by atoms with Gasteiger partial charge < -0.3 is 19.9 Å². The van der Waals surface area contributed by atoms with Crippen LogP contribution in [0.1, 0.15) is 29.9 Å². The van der Waals surface area contributed by atoms with Crippen molar-refractivity contribution in [3.05, 3.63) is 71.9 Å². The van der Waals surface area contributed by atoms with E-state index in [0.717, 1.165) is 24.0 Å². The van der Waals surface area contributed by atoms with E-state index in [1.807, 2.05) is 36.4 Å².